The summed E-state index contributed by atoms with van der Waals surface area (Å²) in [4.78, 5) is 15.4. The van der Waals surface area contributed by atoms with Crippen LogP contribution in [0.4, 0.5) is 5.69 Å². The molecule has 0 N–H and O–H groups in total. The molecule has 0 fully saturated rings. The lowest BCUT2D eigenvalue weighted by atomic mass is 9.94. The Morgan fingerprint density at radius 2 is 1.38 bits per heavy atom. The van der Waals surface area contributed by atoms with Crippen LogP contribution in [0.2, 0.25) is 33.2 Å². The van der Waals surface area contributed by atoms with E-state index in [1.165, 1.54) is 6.20 Å². The van der Waals surface area contributed by atoms with Gasteiger partial charge in [0.25, 0.3) is 5.69 Å². The number of hydrogen-bond acceptors (Lipinski definition) is 6. The minimum absolute atomic E-state index is 0.00791. The van der Waals surface area contributed by atoms with Crippen LogP contribution in [0.15, 0.2) is 24.5 Å². The highest BCUT2D eigenvalue weighted by atomic mass is 28.4. The maximum atomic E-state index is 11.8. The molecule has 0 bridgehead atoms. The maximum absolute atomic E-state index is 11.8. The van der Waals surface area contributed by atoms with E-state index in [9.17, 15) is 10.1 Å². The Hall–Kier alpha value is -1.56. The first-order valence-corrected chi connectivity index (χ1v) is 19.1. The third-order valence-corrected chi connectivity index (χ3v) is 21.3. The van der Waals surface area contributed by atoms with Crippen molar-refractivity contribution in [1.82, 2.24) is 4.98 Å². The number of aromatic nitrogens is 1. The Balaban J connectivity index is 2.63. The molecule has 39 heavy (non-hydrogen) atoms. The van der Waals surface area contributed by atoms with E-state index in [-0.39, 0.29) is 23.8 Å². The van der Waals surface area contributed by atoms with Crippen molar-refractivity contribution < 1.29 is 18.5 Å². The molecule has 3 atom stereocenters. The van der Waals surface area contributed by atoms with Crippen molar-refractivity contribution in [2.45, 2.75) is 135 Å². The lowest BCUT2D eigenvalue weighted by Gasteiger charge is -2.49. The van der Waals surface area contributed by atoms with Crippen molar-refractivity contribution in [2.24, 2.45) is 5.92 Å². The van der Waals surface area contributed by atoms with Crippen LogP contribution in [-0.4, -0.2) is 45.4 Å². The summed E-state index contributed by atoms with van der Waals surface area (Å²) in [5.74, 6) is 0.508. The SMILES string of the molecule is CC(C)[Si](OC[C@H]1OC(c2ccncc2[N+](=O)[O-])=C[C@@H](C)[C@@H]1O[Si](C(C)C)(C(C)C)C(C)C)(C(C)C)C(C)C. The summed E-state index contributed by atoms with van der Waals surface area (Å²) in [6.45, 7) is 30.0. The lowest BCUT2D eigenvalue weighted by Crippen LogP contribution is -2.57. The van der Waals surface area contributed by atoms with Gasteiger partial charge in [-0.2, -0.15) is 0 Å². The van der Waals surface area contributed by atoms with E-state index in [4.69, 9.17) is 13.6 Å². The maximum Gasteiger partial charge on any atom is 0.298 e. The topological polar surface area (TPSA) is 83.7 Å². The highest BCUT2D eigenvalue weighted by molar-refractivity contribution is 6.78. The summed E-state index contributed by atoms with van der Waals surface area (Å²) in [6.07, 6.45) is 4.29. The Morgan fingerprint density at radius 1 is 0.897 bits per heavy atom. The van der Waals surface area contributed by atoms with E-state index in [1.54, 1.807) is 12.3 Å². The van der Waals surface area contributed by atoms with Gasteiger partial charge >= 0.3 is 0 Å². The number of nitro groups is 1. The molecule has 2 heterocycles. The molecule has 0 unspecified atom stereocenters. The van der Waals surface area contributed by atoms with Gasteiger partial charge < -0.3 is 13.6 Å². The Labute approximate surface area is 239 Å². The minimum atomic E-state index is -2.24. The Kier molecular flexibility index (Phi) is 11.6. The molecule has 7 nitrogen and oxygen atoms in total. The summed E-state index contributed by atoms with van der Waals surface area (Å²) >= 11 is 0. The van der Waals surface area contributed by atoms with Crippen molar-refractivity contribution in [3.8, 4) is 0 Å². The summed E-state index contributed by atoms with van der Waals surface area (Å²) < 4.78 is 21.1. The van der Waals surface area contributed by atoms with E-state index in [1.807, 2.05) is 6.08 Å². The highest BCUT2D eigenvalue weighted by Gasteiger charge is 2.51. The molecule has 0 radical (unpaired) electrons. The molecule has 0 amide bonds. The van der Waals surface area contributed by atoms with Gasteiger partial charge in [-0.15, -0.1) is 0 Å². The predicted molar refractivity (Wildman–Crippen MR) is 166 cm³/mol. The third kappa shape index (κ3) is 6.68. The van der Waals surface area contributed by atoms with E-state index in [2.05, 4.69) is 95.0 Å². The molecule has 0 aliphatic carbocycles. The second-order valence-corrected chi connectivity index (χ2v) is 24.1. The van der Waals surface area contributed by atoms with E-state index in [0.717, 1.165) is 0 Å². The van der Waals surface area contributed by atoms with E-state index in [0.29, 0.717) is 51.2 Å². The van der Waals surface area contributed by atoms with Crippen molar-refractivity contribution in [1.29, 1.82) is 0 Å². The average Bonchev–Trinajstić information content (AvgIpc) is 2.82. The molecule has 0 saturated heterocycles. The first kappa shape index (κ1) is 33.6. The summed E-state index contributed by atoms with van der Waals surface area (Å²) in [5, 5.41) is 11.8. The van der Waals surface area contributed by atoms with Crippen LogP contribution in [0.3, 0.4) is 0 Å². The van der Waals surface area contributed by atoms with Gasteiger partial charge in [-0.3, -0.25) is 15.1 Å². The van der Waals surface area contributed by atoms with Crippen LogP contribution in [0.1, 0.15) is 95.6 Å². The van der Waals surface area contributed by atoms with Crippen LogP contribution >= 0.6 is 0 Å². The van der Waals surface area contributed by atoms with Crippen molar-refractivity contribution in [3.05, 3.63) is 40.2 Å². The molecular weight excluding hydrogens is 525 g/mol. The van der Waals surface area contributed by atoms with Crippen LogP contribution in [0.25, 0.3) is 5.76 Å². The number of pyridine rings is 1. The predicted octanol–water partition coefficient (Wildman–Crippen LogP) is 9.12. The summed E-state index contributed by atoms with van der Waals surface area (Å²) in [5.41, 5.74) is 2.97. The second-order valence-electron chi connectivity index (χ2n) is 13.2. The molecular formula is C30H54N2O5Si2. The van der Waals surface area contributed by atoms with Gasteiger partial charge in [0.15, 0.2) is 0 Å². The molecule has 1 aromatic rings. The fourth-order valence-electron chi connectivity index (χ4n) is 7.52. The molecule has 222 valence electrons. The fraction of sp³-hybridized carbons (Fsp3) is 0.767. The average molecular weight is 579 g/mol. The zero-order valence-electron chi connectivity index (χ0n) is 26.6. The van der Waals surface area contributed by atoms with Gasteiger partial charge in [0.1, 0.15) is 18.1 Å². The first-order chi connectivity index (χ1) is 18.0. The van der Waals surface area contributed by atoms with Gasteiger partial charge in [0.2, 0.25) is 16.6 Å². The number of nitrogens with zero attached hydrogens (tertiary/aromatic N) is 2. The van der Waals surface area contributed by atoms with Crippen LogP contribution in [0, 0.1) is 16.0 Å². The van der Waals surface area contributed by atoms with Crippen LogP contribution in [-0.2, 0) is 13.6 Å². The normalized spacial score (nSPS) is 20.9. The van der Waals surface area contributed by atoms with Gasteiger partial charge in [-0.05, 0) is 45.4 Å². The quantitative estimate of drug-likeness (QED) is 0.132. The molecule has 1 aromatic heterocycles. The van der Waals surface area contributed by atoms with Crippen molar-refractivity contribution in [3.63, 3.8) is 0 Å². The number of ether oxygens (including phenoxy) is 1. The largest absolute Gasteiger partial charge is 0.485 e. The summed E-state index contributed by atoms with van der Waals surface area (Å²) in [7, 11) is -4.42. The van der Waals surface area contributed by atoms with Crippen molar-refractivity contribution >= 4 is 28.1 Å². The second kappa shape index (κ2) is 13.4. The third-order valence-electron chi connectivity index (χ3n) is 9.09. The van der Waals surface area contributed by atoms with Crippen molar-refractivity contribution in [2.75, 3.05) is 6.61 Å². The van der Waals surface area contributed by atoms with Gasteiger partial charge in [-0.1, -0.05) is 90.0 Å². The number of rotatable bonds is 13. The van der Waals surface area contributed by atoms with E-state index >= 15 is 0 Å². The highest BCUT2D eigenvalue weighted by Crippen LogP contribution is 2.47. The van der Waals surface area contributed by atoms with E-state index < -0.39 is 21.6 Å². The van der Waals surface area contributed by atoms with Gasteiger partial charge in [0, 0.05) is 12.1 Å². The molecule has 2 rings (SSSR count). The number of hydrogen-bond donors (Lipinski definition) is 0. The van der Waals surface area contributed by atoms with Gasteiger partial charge in [0.05, 0.1) is 23.2 Å². The summed E-state index contributed by atoms with van der Waals surface area (Å²) in [6, 6.07) is 1.67. The standard InChI is InChI=1S/C30H54N2O5Si2/c1-19(2)38(20(3)4,21(5)6)35-18-29-30(37-39(22(7)8,23(9)10)24(11)12)25(13)16-28(36-29)26-14-15-31-17-27(26)32(33)34/h14-17,19-25,29-30H,18H2,1-13H3/t25-,29-,30+/m1/s1. The lowest BCUT2D eigenvalue weighted by molar-refractivity contribution is -0.385. The zero-order valence-corrected chi connectivity index (χ0v) is 28.6. The molecule has 0 saturated carbocycles. The fourth-order valence-corrected chi connectivity index (χ4v) is 18.6. The molecule has 1 aliphatic rings. The molecule has 0 spiro atoms. The monoisotopic (exact) mass is 578 g/mol. The first-order valence-electron chi connectivity index (χ1n) is 14.8. The molecule has 1 aliphatic heterocycles. The minimum Gasteiger partial charge on any atom is -0.485 e. The molecule has 9 heteroatoms. The molecule has 0 aromatic carbocycles. The Bertz CT molecular complexity index is 950. The zero-order chi connectivity index (χ0) is 29.9. The van der Waals surface area contributed by atoms with Crippen LogP contribution in [0.5, 0.6) is 0 Å². The Morgan fingerprint density at radius 3 is 1.82 bits per heavy atom. The van der Waals surface area contributed by atoms with Gasteiger partial charge in [-0.25, -0.2) is 0 Å². The van der Waals surface area contributed by atoms with Crippen LogP contribution < -0.4 is 0 Å². The smallest absolute Gasteiger partial charge is 0.298 e.